The van der Waals surface area contributed by atoms with Crippen molar-refractivity contribution in [2.75, 3.05) is 26.3 Å². The second-order valence-corrected chi connectivity index (χ2v) is 4.72. The van der Waals surface area contributed by atoms with E-state index in [4.69, 9.17) is 4.74 Å². The minimum Gasteiger partial charge on any atom is -0.379 e. The summed E-state index contributed by atoms with van der Waals surface area (Å²) in [6, 6.07) is 11.2. The first-order valence-corrected chi connectivity index (χ1v) is 6.95. The summed E-state index contributed by atoms with van der Waals surface area (Å²) in [5, 5.41) is 0. The molecule has 18 heavy (non-hydrogen) atoms. The molecular formula is C16H23NO. The van der Waals surface area contributed by atoms with Crippen molar-refractivity contribution in [1.82, 2.24) is 4.90 Å². The third kappa shape index (κ3) is 3.69. The molecule has 0 amide bonds. The van der Waals surface area contributed by atoms with Gasteiger partial charge in [-0.3, -0.25) is 4.90 Å². The lowest BCUT2D eigenvalue weighted by Crippen LogP contribution is -2.38. The summed E-state index contributed by atoms with van der Waals surface area (Å²) in [6.45, 7) is 5.97. The maximum Gasteiger partial charge on any atom is 0.0594 e. The Bertz CT molecular complexity index is 355. The summed E-state index contributed by atoms with van der Waals surface area (Å²) in [4.78, 5) is 2.50. The zero-order valence-electron chi connectivity index (χ0n) is 11.2. The molecule has 0 bridgehead atoms. The smallest absolute Gasteiger partial charge is 0.0594 e. The van der Waals surface area contributed by atoms with Gasteiger partial charge in [0.25, 0.3) is 0 Å². The van der Waals surface area contributed by atoms with Gasteiger partial charge in [0.15, 0.2) is 0 Å². The lowest BCUT2D eigenvalue weighted by molar-refractivity contribution is 0.0252. The van der Waals surface area contributed by atoms with Crippen LogP contribution in [0.5, 0.6) is 0 Å². The van der Waals surface area contributed by atoms with Gasteiger partial charge in [-0.15, -0.1) is 0 Å². The Morgan fingerprint density at radius 3 is 2.61 bits per heavy atom. The number of allylic oxidation sites excluding steroid dienone is 1. The molecule has 2 nitrogen and oxygen atoms in total. The van der Waals surface area contributed by atoms with E-state index in [9.17, 15) is 0 Å². The van der Waals surface area contributed by atoms with Crippen LogP contribution in [0, 0.1) is 0 Å². The first-order chi connectivity index (χ1) is 8.92. The van der Waals surface area contributed by atoms with Gasteiger partial charge in [-0.05, 0) is 12.0 Å². The first kappa shape index (κ1) is 13.3. The van der Waals surface area contributed by atoms with Crippen LogP contribution in [-0.4, -0.2) is 31.2 Å². The van der Waals surface area contributed by atoms with E-state index in [1.807, 2.05) is 0 Å². The Kier molecular flexibility index (Phi) is 5.43. The van der Waals surface area contributed by atoms with Crippen molar-refractivity contribution in [3.63, 3.8) is 0 Å². The summed E-state index contributed by atoms with van der Waals surface area (Å²) in [5.41, 5.74) is 1.38. The lowest BCUT2D eigenvalue weighted by atomic mass is 10.0. The van der Waals surface area contributed by atoms with Crippen LogP contribution in [0.1, 0.15) is 31.4 Å². The lowest BCUT2D eigenvalue weighted by Gasteiger charge is -2.33. The highest BCUT2D eigenvalue weighted by atomic mass is 16.5. The molecule has 1 saturated heterocycles. The topological polar surface area (TPSA) is 12.5 Å². The Morgan fingerprint density at radius 1 is 1.22 bits per heavy atom. The summed E-state index contributed by atoms with van der Waals surface area (Å²) < 4.78 is 5.45. The number of morpholine rings is 1. The molecule has 0 radical (unpaired) electrons. The molecule has 1 heterocycles. The summed E-state index contributed by atoms with van der Waals surface area (Å²) in [7, 11) is 0. The van der Waals surface area contributed by atoms with Crippen LogP contribution >= 0.6 is 0 Å². The van der Waals surface area contributed by atoms with Gasteiger partial charge in [0.1, 0.15) is 0 Å². The SMILES string of the molecule is CCC/C=C\C(c1ccccc1)N1CCOCC1. The van der Waals surface area contributed by atoms with Crippen LogP contribution < -0.4 is 0 Å². The molecule has 0 N–H and O–H groups in total. The highest BCUT2D eigenvalue weighted by Crippen LogP contribution is 2.23. The quantitative estimate of drug-likeness (QED) is 0.737. The number of benzene rings is 1. The van der Waals surface area contributed by atoms with Gasteiger partial charge < -0.3 is 4.74 Å². The summed E-state index contributed by atoms with van der Waals surface area (Å²) in [5.74, 6) is 0. The van der Waals surface area contributed by atoms with E-state index in [0.29, 0.717) is 6.04 Å². The molecule has 1 fully saturated rings. The van der Waals surface area contributed by atoms with Crippen LogP contribution in [0.25, 0.3) is 0 Å². The third-order valence-electron chi connectivity index (χ3n) is 3.35. The second-order valence-electron chi connectivity index (χ2n) is 4.72. The molecule has 1 unspecified atom stereocenters. The Labute approximate surface area is 110 Å². The number of unbranched alkanes of at least 4 members (excludes halogenated alkanes) is 1. The van der Waals surface area contributed by atoms with Crippen molar-refractivity contribution in [3.8, 4) is 0 Å². The van der Waals surface area contributed by atoms with Crippen LogP contribution in [-0.2, 0) is 4.74 Å². The van der Waals surface area contributed by atoms with Gasteiger partial charge in [-0.1, -0.05) is 55.8 Å². The third-order valence-corrected chi connectivity index (χ3v) is 3.35. The van der Waals surface area contributed by atoms with E-state index in [2.05, 4.69) is 54.3 Å². The largest absolute Gasteiger partial charge is 0.379 e. The predicted octanol–water partition coefficient (Wildman–Crippen LogP) is 3.42. The first-order valence-electron chi connectivity index (χ1n) is 6.95. The van der Waals surface area contributed by atoms with E-state index in [0.717, 1.165) is 32.7 Å². The van der Waals surface area contributed by atoms with Crippen molar-refractivity contribution in [2.45, 2.75) is 25.8 Å². The van der Waals surface area contributed by atoms with E-state index < -0.39 is 0 Å². The van der Waals surface area contributed by atoms with E-state index in [1.165, 1.54) is 12.0 Å². The molecule has 2 rings (SSSR count). The van der Waals surface area contributed by atoms with Crippen molar-refractivity contribution >= 4 is 0 Å². The van der Waals surface area contributed by atoms with Crippen molar-refractivity contribution in [1.29, 1.82) is 0 Å². The normalized spacial score (nSPS) is 19.2. The molecule has 0 aromatic heterocycles. The van der Waals surface area contributed by atoms with Crippen LogP contribution in [0.3, 0.4) is 0 Å². The standard InChI is InChI=1S/C16H23NO/c1-2-3-5-10-16(15-8-6-4-7-9-15)17-11-13-18-14-12-17/h4-10,16H,2-3,11-14H2,1H3/b10-5-. The van der Waals surface area contributed by atoms with Crippen molar-refractivity contribution in [3.05, 3.63) is 48.0 Å². The minimum absolute atomic E-state index is 0.404. The average molecular weight is 245 g/mol. The Balaban J connectivity index is 2.11. The van der Waals surface area contributed by atoms with Gasteiger partial charge in [0.05, 0.1) is 19.3 Å². The fourth-order valence-electron chi connectivity index (χ4n) is 2.34. The van der Waals surface area contributed by atoms with Gasteiger partial charge in [0, 0.05) is 13.1 Å². The number of rotatable bonds is 5. The molecule has 98 valence electrons. The number of hydrogen-bond donors (Lipinski definition) is 0. The maximum atomic E-state index is 5.45. The predicted molar refractivity (Wildman–Crippen MR) is 75.6 cm³/mol. The molecular weight excluding hydrogens is 222 g/mol. The zero-order chi connectivity index (χ0) is 12.6. The van der Waals surface area contributed by atoms with E-state index >= 15 is 0 Å². The monoisotopic (exact) mass is 245 g/mol. The second kappa shape index (κ2) is 7.34. The van der Waals surface area contributed by atoms with E-state index in [-0.39, 0.29) is 0 Å². The Morgan fingerprint density at radius 2 is 1.94 bits per heavy atom. The number of hydrogen-bond acceptors (Lipinski definition) is 2. The van der Waals surface area contributed by atoms with Crippen molar-refractivity contribution < 1.29 is 4.74 Å². The van der Waals surface area contributed by atoms with Crippen molar-refractivity contribution in [2.24, 2.45) is 0 Å². The fraction of sp³-hybridized carbons (Fsp3) is 0.500. The van der Waals surface area contributed by atoms with Crippen LogP contribution in [0.4, 0.5) is 0 Å². The zero-order valence-corrected chi connectivity index (χ0v) is 11.2. The molecule has 1 aliphatic rings. The van der Waals surface area contributed by atoms with E-state index in [1.54, 1.807) is 0 Å². The van der Waals surface area contributed by atoms with Gasteiger partial charge in [-0.2, -0.15) is 0 Å². The van der Waals surface area contributed by atoms with Gasteiger partial charge >= 0.3 is 0 Å². The van der Waals surface area contributed by atoms with Gasteiger partial charge in [-0.25, -0.2) is 0 Å². The number of nitrogens with zero attached hydrogens (tertiary/aromatic N) is 1. The molecule has 1 aromatic carbocycles. The molecule has 0 saturated carbocycles. The fourth-order valence-corrected chi connectivity index (χ4v) is 2.34. The molecule has 0 aliphatic carbocycles. The van der Waals surface area contributed by atoms with Crippen LogP contribution in [0.2, 0.25) is 0 Å². The summed E-state index contributed by atoms with van der Waals surface area (Å²) >= 11 is 0. The summed E-state index contributed by atoms with van der Waals surface area (Å²) in [6.07, 6.45) is 7.03. The maximum absolute atomic E-state index is 5.45. The molecule has 0 spiro atoms. The molecule has 1 aromatic rings. The molecule has 1 atom stereocenters. The molecule has 2 heteroatoms. The number of ether oxygens (including phenoxy) is 1. The van der Waals surface area contributed by atoms with Gasteiger partial charge in [0.2, 0.25) is 0 Å². The highest BCUT2D eigenvalue weighted by Gasteiger charge is 2.19. The molecule has 1 aliphatic heterocycles. The average Bonchev–Trinajstić information content (AvgIpc) is 2.46. The van der Waals surface area contributed by atoms with Crippen LogP contribution in [0.15, 0.2) is 42.5 Å². The minimum atomic E-state index is 0.404. The Hall–Kier alpha value is -1.12. The highest BCUT2D eigenvalue weighted by molar-refractivity contribution is 5.23.